The van der Waals surface area contributed by atoms with Crippen molar-refractivity contribution in [1.29, 1.82) is 0 Å². The highest BCUT2D eigenvalue weighted by Gasteiger charge is 2.32. The number of ether oxygens (including phenoxy) is 1. The van der Waals surface area contributed by atoms with Crippen molar-refractivity contribution >= 4 is 21.6 Å². The Morgan fingerprint density at radius 3 is 2.65 bits per heavy atom. The Kier molecular flexibility index (Phi) is 4.27. The summed E-state index contributed by atoms with van der Waals surface area (Å²) in [5.41, 5.74) is 1.07. The molecule has 3 nitrogen and oxygen atoms in total. The molecule has 20 heavy (non-hydrogen) atoms. The van der Waals surface area contributed by atoms with Gasteiger partial charge >= 0.3 is 6.36 Å². The molecule has 1 N–H and O–H groups in total. The number of halogens is 4. The molecule has 1 aromatic carbocycles. The van der Waals surface area contributed by atoms with Gasteiger partial charge in [-0.3, -0.25) is 0 Å². The van der Waals surface area contributed by atoms with Crippen molar-refractivity contribution in [3.63, 3.8) is 0 Å². The molecule has 108 valence electrons. The Morgan fingerprint density at radius 2 is 2.05 bits per heavy atom. The lowest BCUT2D eigenvalue weighted by Gasteiger charge is -2.18. The van der Waals surface area contributed by atoms with Crippen LogP contribution in [0.2, 0.25) is 0 Å². The average Bonchev–Trinajstić information content (AvgIpc) is 2.84. The van der Waals surface area contributed by atoms with Crippen molar-refractivity contribution in [1.82, 2.24) is 0 Å². The van der Waals surface area contributed by atoms with Gasteiger partial charge in [-0.05, 0) is 31.2 Å². The van der Waals surface area contributed by atoms with Crippen LogP contribution in [0.1, 0.15) is 18.5 Å². The summed E-state index contributed by atoms with van der Waals surface area (Å²) in [4.78, 5) is 0. The van der Waals surface area contributed by atoms with Gasteiger partial charge in [0.1, 0.15) is 0 Å². The first kappa shape index (κ1) is 14.8. The summed E-state index contributed by atoms with van der Waals surface area (Å²) in [5, 5.41) is 2.96. The summed E-state index contributed by atoms with van der Waals surface area (Å²) in [5.74, 6) is -0.290. The molecule has 0 spiro atoms. The fourth-order valence-corrected chi connectivity index (χ4v) is 2.00. The Hall–Kier alpha value is -1.63. The summed E-state index contributed by atoms with van der Waals surface area (Å²) < 4.78 is 46.6. The predicted molar refractivity (Wildman–Crippen MR) is 71.6 cm³/mol. The van der Waals surface area contributed by atoms with E-state index in [4.69, 9.17) is 4.42 Å². The second-order valence-corrected chi connectivity index (χ2v) is 5.03. The van der Waals surface area contributed by atoms with Crippen LogP contribution in [0.15, 0.2) is 45.7 Å². The molecule has 1 atom stereocenters. The molecular formula is C13H11BrF3NO2. The molecule has 0 amide bonds. The maximum absolute atomic E-state index is 12.4. The summed E-state index contributed by atoms with van der Waals surface area (Å²) in [6, 6.07) is 5.93. The van der Waals surface area contributed by atoms with Gasteiger partial charge in [0.05, 0.1) is 24.3 Å². The normalized spacial score (nSPS) is 13.1. The third-order valence-corrected chi connectivity index (χ3v) is 3.08. The minimum absolute atomic E-state index is 0.217. The molecule has 1 heterocycles. The number of rotatable bonds is 4. The van der Waals surface area contributed by atoms with Crippen molar-refractivity contribution in [3.05, 3.63) is 46.8 Å². The molecule has 1 unspecified atom stereocenters. The molecule has 0 aliphatic rings. The van der Waals surface area contributed by atoms with Crippen LogP contribution in [0, 0.1) is 0 Å². The van der Waals surface area contributed by atoms with Gasteiger partial charge in [0, 0.05) is 10.0 Å². The quantitative estimate of drug-likeness (QED) is 0.832. The van der Waals surface area contributed by atoms with E-state index >= 15 is 0 Å². The van der Waals surface area contributed by atoms with E-state index < -0.39 is 6.36 Å². The highest BCUT2D eigenvalue weighted by Crippen LogP contribution is 2.34. The molecule has 0 fully saturated rings. The van der Waals surface area contributed by atoms with Crippen LogP contribution in [0.3, 0.4) is 0 Å². The van der Waals surface area contributed by atoms with Gasteiger partial charge in [0.2, 0.25) is 0 Å². The van der Waals surface area contributed by atoms with Gasteiger partial charge in [-0.1, -0.05) is 15.9 Å². The van der Waals surface area contributed by atoms with E-state index in [0.717, 1.165) is 5.56 Å². The molecular weight excluding hydrogens is 339 g/mol. The lowest BCUT2D eigenvalue weighted by molar-refractivity contribution is -0.274. The zero-order chi connectivity index (χ0) is 14.8. The van der Waals surface area contributed by atoms with Crippen molar-refractivity contribution in [2.24, 2.45) is 0 Å². The number of hydrogen-bond acceptors (Lipinski definition) is 3. The first-order chi connectivity index (χ1) is 9.35. The van der Waals surface area contributed by atoms with Crippen molar-refractivity contribution < 1.29 is 22.3 Å². The Balaban J connectivity index is 2.22. The second kappa shape index (κ2) is 5.78. The number of nitrogens with one attached hydrogen (secondary N) is 1. The van der Waals surface area contributed by atoms with E-state index in [2.05, 4.69) is 26.0 Å². The van der Waals surface area contributed by atoms with Crippen LogP contribution in [-0.2, 0) is 0 Å². The molecule has 0 aliphatic heterocycles. The van der Waals surface area contributed by atoms with Crippen molar-refractivity contribution in [3.8, 4) is 5.75 Å². The largest absolute Gasteiger partial charge is 0.573 e. The molecule has 1 aromatic heterocycles. The van der Waals surface area contributed by atoms with Crippen molar-refractivity contribution in [2.45, 2.75) is 19.3 Å². The molecule has 0 bridgehead atoms. The van der Waals surface area contributed by atoms with Gasteiger partial charge in [-0.25, -0.2) is 0 Å². The smallest absolute Gasteiger partial charge is 0.472 e. The van der Waals surface area contributed by atoms with E-state index in [1.807, 2.05) is 6.92 Å². The van der Waals surface area contributed by atoms with Crippen LogP contribution in [0.25, 0.3) is 0 Å². The number of anilines is 1. The van der Waals surface area contributed by atoms with Crippen LogP contribution in [0.5, 0.6) is 5.75 Å². The van der Waals surface area contributed by atoms with Crippen LogP contribution in [-0.4, -0.2) is 6.36 Å². The number of furan rings is 1. The summed E-state index contributed by atoms with van der Waals surface area (Å²) in [6.07, 6.45) is -1.71. The first-order valence-corrected chi connectivity index (χ1v) is 6.48. The molecule has 0 saturated heterocycles. The monoisotopic (exact) mass is 349 g/mol. The van der Waals surface area contributed by atoms with E-state index in [0.29, 0.717) is 4.47 Å². The molecule has 0 saturated carbocycles. The van der Waals surface area contributed by atoms with Crippen LogP contribution in [0.4, 0.5) is 18.9 Å². The topological polar surface area (TPSA) is 34.4 Å². The van der Waals surface area contributed by atoms with Gasteiger partial charge in [-0.2, -0.15) is 0 Å². The van der Waals surface area contributed by atoms with E-state index in [9.17, 15) is 13.2 Å². The lowest BCUT2D eigenvalue weighted by Crippen LogP contribution is -2.18. The van der Waals surface area contributed by atoms with Crippen molar-refractivity contribution in [2.75, 3.05) is 5.32 Å². The Bertz CT molecular complexity index is 569. The predicted octanol–water partition coefficient (Wildman–Crippen LogP) is 5.11. The average molecular weight is 350 g/mol. The molecule has 2 aromatic rings. The number of alkyl halides is 3. The van der Waals surface area contributed by atoms with Gasteiger partial charge in [0.25, 0.3) is 0 Å². The van der Waals surface area contributed by atoms with Crippen LogP contribution < -0.4 is 10.1 Å². The molecule has 0 radical (unpaired) electrons. The number of hydrogen-bond donors (Lipinski definition) is 1. The van der Waals surface area contributed by atoms with Gasteiger partial charge in [-0.15, -0.1) is 13.2 Å². The fourth-order valence-electron chi connectivity index (χ4n) is 1.66. The molecule has 0 aliphatic carbocycles. The fraction of sp³-hybridized carbons (Fsp3) is 0.231. The van der Waals surface area contributed by atoms with E-state index in [1.54, 1.807) is 12.1 Å². The minimum Gasteiger partial charge on any atom is -0.472 e. The highest BCUT2D eigenvalue weighted by molar-refractivity contribution is 9.10. The maximum atomic E-state index is 12.4. The van der Waals surface area contributed by atoms with E-state index in [1.165, 1.54) is 24.7 Å². The van der Waals surface area contributed by atoms with Gasteiger partial charge < -0.3 is 14.5 Å². The third-order valence-electron chi connectivity index (χ3n) is 2.58. The van der Waals surface area contributed by atoms with E-state index in [-0.39, 0.29) is 17.5 Å². The minimum atomic E-state index is -4.74. The standard InChI is InChI=1S/C13H11BrF3NO2/c1-8(9-4-5-19-7-9)18-11-3-2-10(14)6-12(11)20-13(15,16)17/h2-8,18H,1H3. The summed E-state index contributed by atoms with van der Waals surface area (Å²) in [6.45, 7) is 1.81. The highest BCUT2D eigenvalue weighted by atomic mass is 79.9. The maximum Gasteiger partial charge on any atom is 0.573 e. The summed E-state index contributed by atoms with van der Waals surface area (Å²) >= 11 is 3.12. The Labute approximate surface area is 121 Å². The summed E-state index contributed by atoms with van der Waals surface area (Å²) in [7, 11) is 0. The van der Waals surface area contributed by atoms with Crippen LogP contribution >= 0.6 is 15.9 Å². The molecule has 7 heteroatoms. The first-order valence-electron chi connectivity index (χ1n) is 5.69. The molecule has 2 rings (SSSR count). The Morgan fingerprint density at radius 1 is 1.30 bits per heavy atom. The zero-order valence-corrected chi connectivity index (χ0v) is 12.0. The SMILES string of the molecule is CC(Nc1ccc(Br)cc1OC(F)(F)F)c1ccoc1. The third kappa shape index (κ3) is 3.93. The van der Waals surface area contributed by atoms with Gasteiger partial charge in [0.15, 0.2) is 5.75 Å². The zero-order valence-electron chi connectivity index (χ0n) is 10.4. The number of benzene rings is 1. The second-order valence-electron chi connectivity index (χ2n) is 4.11. The lowest BCUT2D eigenvalue weighted by atomic mass is 10.1.